The highest BCUT2D eigenvalue weighted by Gasteiger charge is 2.32. The molecule has 2 aromatic heterocycles. The van der Waals surface area contributed by atoms with Crippen molar-refractivity contribution < 1.29 is 4.74 Å². The summed E-state index contributed by atoms with van der Waals surface area (Å²) >= 11 is 0. The van der Waals surface area contributed by atoms with Gasteiger partial charge in [0.1, 0.15) is 12.4 Å². The van der Waals surface area contributed by atoms with E-state index in [0.29, 0.717) is 18.7 Å². The summed E-state index contributed by atoms with van der Waals surface area (Å²) in [7, 11) is 2.19. The average molecular weight is 402 g/mol. The zero-order valence-corrected chi connectivity index (χ0v) is 17.3. The van der Waals surface area contributed by atoms with Crippen LogP contribution in [-0.4, -0.2) is 39.7 Å². The summed E-state index contributed by atoms with van der Waals surface area (Å²) in [6.45, 7) is 0.544. The maximum Gasteiger partial charge on any atom is 0.223 e. The van der Waals surface area contributed by atoms with Crippen molar-refractivity contribution in [1.82, 2.24) is 19.9 Å². The lowest BCUT2D eigenvalue weighted by molar-refractivity contribution is 0.290. The SMILES string of the molecule is CN(c1ccc2c(n1)OCc1cc(-n3ccnc3)ccc1-2)C1CCC2CCC(C1)N2. The number of aromatic nitrogens is 3. The number of hydrogen-bond donors (Lipinski definition) is 1. The molecule has 0 spiro atoms. The Bertz CT molecular complexity index is 1060. The topological polar surface area (TPSA) is 55.2 Å². The molecule has 154 valence electrons. The van der Waals surface area contributed by atoms with Crippen molar-refractivity contribution in [1.29, 1.82) is 0 Å². The second-order valence-electron chi connectivity index (χ2n) is 8.84. The lowest BCUT2D eigenvalue weighted by Crippen LogP contribution is -2.36. The zero-order chi connectivity index (χ0) is 20.1. The van der Waals surface area contributed by atoms with Gasteiger partial charge in [-0.15, -0.1) is 0 Å². The number of benzene rings is 1. The van der Waals surface area contributed by atoms with Crippen molar-refractivity contribution in [2.24, 2.45) is 0 Å². The van der Waals surface area contributed by atoms with E-state index in [1.54, 1.807) is 6.20 Å². The molecule has 0 saturated carbocycles. The summed E-state index contributed by atoms with van der Waals surface area (Å²) in [4.78, 5) is 11.4. The Balaban J connectivity index is 1.27. The van der Waals surface area contributed by atoms with E-state index in [0.717, 1.165) is 29.0 Å². The largest absolute Gasteiger partial charge is 0.472 e. The fraction of sp³-hybridized carbons (Fsp3) is 0.417. The van der Waals surface area contributed by atoms with Crippen LogP contribution in [0.2, 0.25) is 0 Å². The van der Waals surface area contributed by atoms with Gasteiger partial charge in [0.05, 0.1) is 6.33 Å². The van der Waals surface area contributed by atoms with Crippen molar-refractivity contribution in [3.05, 3.63) is 54.6 Å². The number of nitrogens with zero attached hydrogens (tertiary/aromatic N) is 4. The predicted molar refractivity (Wildman–Crippen MR) is 117 cm³/mol. The highest BCUT2D eigenvalue weighted by Crippen LogP contribution is 2.39. The van der Waals surface area contributed by atoms with Gasteiger partial charge in [-0.3, -0.25) is 0 Å². The number of anilines is 1. The Kier molecular flexibility index (Phi) is 4.27. The fourth-order valence-corrected chi connectivity index (χ4v) is 5.32. The molecule has 3 aliphatic rings. The molecule has 0 aliphatic carbocycles. The Labute approximate surface area is 176 Å². The maximum absolute atomic E-state index is 6.10. The molecule has 3 aliphatic heterocycles. The first-order valence-corrected chi connectivity index (χ1v) is 11.0. The first-order valence-electron chi connectivity index (χ1n) is 11.0. The molecule has 30 heavy (non-hydrogen) atoms. The van der Waals surface area contributed by atoms with Crippen molar-refractivity contribution in [3.63, 3.8) is 0 Å². The minimum absolute atomic E-state index is 0.534. The molecule has 1 N–H and O–H groups in total. The van der Waals surface area contributed by atoms with E-state index in [-0.39, 0.29) is 0 Å². The van der Waals surface area contributed by atoms with Crippen LogP contribution >= 0.6 is 0 Å². The van der Waals surface area contributed by atoms with E-state index >= 15 is 0 Å². The van der Waals surface area contributed by atoms with Gasteiger partial charge in [-0.25, -0.2) is 4.98 Å². The molecule has 0 radical (unpaired) electrons. The van der Waals surface area contributed by atoms with Gasteiger partial charge in [-0.1, -0.05) is 6.07 Å². The third-order valence-corrected chi connectivity index (χ3v) is 7.04. The van der Waals surface area contributed by atoms with Crippen molar-refractivity contribution in [2.45, 2.75) is 56.8 Å². The van der Waals surface area contributed by atoms with Crippen molar-refractivity contribution >= 4 is 5.82 Å². The van der Waals surface area contributed by atoms with Gasteiger partial charge in [-0.05, 0) is 67.5 Å². The van der Waals surface area contributed by atoms with E-state index in [9.17, 15) is 0 Å². The summed E-state index contributed by atoms with van der Waals surface area (Å²) < 4.78 is 8.11. The third-order valence-electron chi connectivity index (χ3n) is 7.04. The van der Waals surface area contributed by atoms with E-state index in [1.807, 2.05) is 17.1 Å². The second-order valence-corrected chi connectivity index (χ2v) is 8.84. The predicted octanol–water partition coefficient (Wildman–Crippen LogP) is 3.94. The van der Waals surface area contributed by atoms with Gasteiger partial charge in [0.25, 0.3) is 0 Å². The van der Waals surface area contributed by atoms with Gasteiger partial charge < -0.3 is 19.5 Å². The van der Waals surface area contributed by atoms with Crippen LogP contribution in [0.4, 0.5) is 5.82 Å². The van der Waals surface area contributed by atoms with E-state index < -0.39 is 0 Å². The molecular weight excluding hydrogens is 374 g/mol. The van der Waals surface area contributed by atoms with Gasteiger partial charge in [0.15, 0.2) is 0 Å². The molecule has 2 saturated heterocycles. The third kappa shape index (κ3) is 3.06. The van der Waals surface area contributed by atoms with E-state index in [4.69, 9.17) is 9.72 Å². The number of imidazole rings is 1. The minimum Gasteiger partial charge on any atom is -0.472 e. The Morgan fingerprint density at radius 2 is 1.93 bits per heavy atom. The Morgan fingerprint density at radius 1 is 1.07 bits per heavy atom. The maximum atomic E-state index is 6.10. The normalized spacial score (nSPS) is 24.5. The van der Waals surface area contributed by atoms with Crippen LogP contribution in [0.15, 0.2) is 49.1 Å². The van der Waals surface area contributed by atoms with Crippen molar-refractivity contribution in [2.75, 3.05) is 11.9 Å². The molecule has 5 heterocycles. The quantitative estimate of drug-likeness (QED) is 0.721. The Morgan fingerprint density at radius 3 is 2.83 bits per heavy atom. The van der Waals surface area contributed by atoms with Gasteiger partial charge in [0, 0.05) is 48.8 Å². The smallest absolute Gasteiger partial charge is 0.223 e. The van der Waals surface area contributed by atoms with Crippen LogP contribution in [0.3, 0.4) is 0 Å². The molecule has 6 heteroatoms. The number of hydrogen-bond acceptors (Lipinski definition) is 5. The molecule has 0 amide bonds. The highest BCUT2D eigenvalue weighted by molar-refractivity contribution is 5.75. The lowest BCUT2D eigenvalue weighted by Gasteiger charge is -2.31. The molecule has 6 nitrogen and oxygen atoms in total. The molecule has 3 unspecified atom stereocenters. The molecular formula is C24H27N5O. The molecule has 6 rings (SSSR count). The fourth-order valence-electron chi connectivity index (χ4n) is 5.32. The number of fused-ring (bicyclic) bond motifs is 5. The summed E-state index contributed by atoms with van der Waals surface area (Å²) in [6.07, 6.45) is 11.9. The molecule has 2 bridgehead atoms. The first-order chi connectivity index (χ1) is 14.7. The molecule has 3 aromatic rings. The number of nitrogens with one attached hydrogen (secondary N) is 1. The van der Waals surface area contributed by atoms with Crippen molar-refractivity contribution in [3.8, 4) is 22.7 Å². The van der Waals surface area contributed by atoms with Gasteiger partial charge in [0.2, 0.25) is 5.88 Å². The summed E-state index contributed by atoms with van der Waals surface area (Å²) in [5, 5.41) is 3.79. The van der Waals surface area contributed by atoms with Crippen LogP contribution in [0, 0.1) is 0 Å². The minimum atomic E-state index is 0.534. The van der Waals surface area contributed by atoms with E-state index in [2.05, 4.69) is 52.6 Å². The van der Waals surface area contributed by atoms with Crippen LogP contribution in [0.25, 0.3) is 16.8 Å². The monoisotopic (exact) mass is 401 g/mol. The van der Waals surface area contributed by atoms with Gasteiger partial charge in [-0.2, -0.15) is 4.98 Å². The van der Waals surface area contributed by atoms with Crippen LogP contribution in [0.5, 0.6) is 5.88 Å². The highest BCUT2D eigenvalue weighted by atomic mass is 16.5. The molecule has 1 aromatic carbocycles. The number of rotatable bonds is 3. The lowest BCUT2D eigenvalue weighted by atomic mass is 9.95. The summed E-state index contributed by atoms with van der Waals surface area (Å²) in [5.74, 6) is 1.76. The average Bonchev–Trinajstić information content (AvgIpc) is 3.42. The standard InChI is InChI=1S/C24H27N5O/c1-28(19-5-4-17-2-3-18(13-19)26-17)23-9-8-22-21-7-6-20(29-11-10-25-15-29)12-16(21)14-30-24(22)27-23/h6-12,15,17-19,26H,2-5,13-14H2,1H3. The first kappa shape index (κ1) is 18.0. The van der Waals surface area contributed by atoms with Gasteiger partial charge >= 0.3 is 0 Å². The van der Waals surface area contributed by atoms with Crippen LogP contribution in [0.1, 0.15) is 37.7 Å². The Hall–Kier alpha value is -2.86. The molecule has 3 atom stereocenters. The molecule has 2 fully saturated rings. The second kappa shape index (κ2) is 7.13. The zero-order valence-electron chi connectivity index (χ0n) is 17.3. The summed E-state index contributed by atoms with van der Waals surface area (Å²) in [5.41, 5.74) is 4.56. The van der Waals surface area contributed by atoms with Crippen LogP contribution in [-0.2, 0) is 6.61 Å². The number of pyridine rings is 1. The van der Waals surface area contributed by atoms with E-state index in [1.165, 1.54) is 43.2 Å². The number of ether oxygens (including phenoxy) is 1. The summed E-state index contributed by atoms with van der Waals surface area (Å²) in [6, 6.07) is 12.7. The van der Waals surface area contributed by atoms with Crippen LogP contribution < -0.4 is 15.0 Å².